The second-order valence-corrected chi connectivity index (χ2v) is 9.30. The van der Waals surface area contributed by atoms with Crippen molar-refractivity contribution >= 4 is 34.1 Å². The average Bonchev–Trinajstić information content (AvgIpc) is 3.57. The molecule has 1 aromatic carbocycles. The van der Waals surface area contributed by atoms with Crippen molar-refractivity contribution in [3.8, 4) is 5.75 Å². The van der Waals surface area contributed by atoms with Crippen LogP contribution >= 0.6 is 0 Å². The van der Waals surface area contributed by atoms with E-state index in [1.54, 1.807) is 43.3 Å². The maximum Gasteiger partial charge on any atom is 0.259 e. The fraction of sp³-hybridized carbons (Fsp3) is 0.423. The summed E-state index contributed by atoms with van der Waals surface area (Å²) in [4.78, 5) is 27.7. The standard InChI is InChI=1S/C21H22N6O2.C5H9NO.H2/c1-29-19-11-17-14(13-27(25-17)15-6-3-2-4-7-15)10-16(19)21(28)24-18-12-23-26-9-5-8-22-20(18)26;1-6-5(7)4-2-3-4;/h5,8-13,15H,2-4,6-7H2,1H3,(H,24,28);4H,2-3H2,1H3,(H,6,7);1H. The number of nitrogens with one attached hydrogen (secondary N) is 2. The van der Waals surface area contributed by atoms with Gasteiger partial charge in [0.15, 0.2) is 5.65 Å². The Labute approximate surface area is 210 Å². The van der Waals surface area contributed by atoms with Gasteiger partial charge in [-0.2, -0.15) is 10.2 Å². The van der Waals surface area contributed by atoms with Gasteiger partial charge >= 0.3 is 0 Å². The highest BCUT2D eigenvalue weighted by Gasteiger charge is 2.28. The topological polar surface area (TPSA) is 115 Å². The van der Waals surface area contributed by atoms with Crippen LogP contribution in [0.3, 0.4) is 0 Å². The summed E-state index contributed by atoms with van der Waals surface area (Å²) in [5.74, 6) is 0.799. The van der Waals surface area contributed by atoms with Crippen LogP contribution in [0, 0.1) is 5.92 Å². The minimum atomic E-state index is -0.269. The molecule has 2 N–H and O–H groups in total. The number of anilines is 1. The van der Waals surface area contributed by atoms with Crippen LogP contribution in [0.5, 0.6) is 5.75 Å². The Balaban J connectivity index is 0.000000349. The lowest BCUT2D eigenvalue weighted by Gasteiger charge is -2.21. The van der Waals surface area contributed by atoms with Crippen molar-refractivity contribution in [3.63, 3.8) is 0 Å². The predicted octanol–water partition coefficient (Wildman–Crippen LogP) is 4.23. The monoisotopic (exact) mass is 491 g/mol. The van der Waals surface area contributed by atoms with E-state index in [-0.39, 0.29) is 13.2 Å². The van der Waals surface area contributed by atoms with E-state index in [0.29, 0.717) is 34.6 Å². The summed E-state index contributed by atoms with van der Waals surface area (Å²) in [5.41, 5.74) is 2.43. The Morgan fingerprint density at radius 2 is 1.94 bits per heavy atom. The van der Waals surface area contributed by atoms with Gasteiger partial charge in [-0.1, -0.05) is 19.3 Å². The van der Waals surface area contributed by atoms with E-state index >= 15 is 0 Å². The molecular formula is C26H33N7O3. The lowest BCUT2D eigenvalue weighted by Crippen LogP contribution is -2.18. The summed E-state index contributed by atoms with van der Waals surface area (Å²) in [7, 11) is 3.24. The predicted molar refractivity (Wildman–Crippen MR) is 138 cm³/mol. The Morgan fingerprint density at radius 3 is 2.64 bits per heavy atom. The second kappa shape index (κ2) is 10.3. The molecule has 2 aliphatic rings. The van der Waals surface area contributed by atoms with Crippen LogP contribution in [0.25, 0.3) is 16.6 Å². The zero-order chi connectivity index (χ0) is 25.1. The molecule has 0 bridgehead atoms. The number of fused-ring (bicyclic) bond motifs is 2. The largest absolute Gasteiger partial charge is 0.496 e. The number of carbonyl (C=O) groups excluding carboxylic acids is 2. The van der Waals surface area contributed by atoms with Gasteiger partial charge in [-0.25, -0.2) is 9.50 Å². The van der Waals surface area contributed by atoms with Crippen LogP contribution < -0.4 is 15.4 Å². The van der Waals surface area contributed by atoms with Crippen molar-refractivity contribution in [1.82, 2.24) is 29.7 Å². The van der Waals surface area contributed by atoms with Gasteiger partial charge in [0, 0.05) is 44.4 Å². The molecule has 0 aliphatic heterocycles. The number of nitrogens with zero attached hydrogens (tertiary/aromatic N) is 5. The maximum absolute atomic E-state index is 13.0. The van der Waals surface area contributed by atoms with Crippen molar-refractivity contribution in [1.29, 1.82) is 0 Å². The van der Waals surface area contributed by atoms with E-state index < -0.39 is 0 Å². The molecule has 10 nitrogen and oxygen atoms in total. The first kappa shape index (κ1) is 23.8. The third-order valence-electron chi connectivity index (χ3n) is 6.76. The molecule has 4 aromatic rings. The molecule has 2 saturated carbocycles. The molecule has 3 aromatic heterocycles. The molecule has 0 unspecified atom stereocenters. The first-order valence-electron chi connectivity index (χ1n) is 12.5. The van der Waals surface area contributed by atoms with Crippen LogP contribution in [-0.4, -0.2) is 50.4 Å². The maximum atomic E-state index is 13.0. The Hall–Kier alpha value is -3.95. The third-order valence-corrected chi connectivity index (χ3v) is 6.76. The Bertz CT molecular complexity index is 1390. The number of amides is 2. The van der Waals surface area contributed by atoms with E-state index in [1.165, 1.54) is 19.3 Å². The van der Waals surface area contributed by atoms with E-state index in [9.17, 15) is 9.59 Å². The Kier molecular flexibility index (Phi) is 6.84. The molecule has 190 valence electrons. The number of benzene rings is 1. The number of hydrogen-bond acceptors (Lipinski definition) is 6. The average molecular weight is 492 g/mol. The summed E-state index contributed by atoms with van der Waals surface area (Å²) in [6.45, 7) is 0. The molecule has 2 amide bonds. The molecule has 3 heterocycles. The number of carbonyl (C=O) groups is 2. The number of rotatable bonds is 5. The minimum Gasteiger partial charge on any atom is -0.496 e. The van der Waals surface area contributed by atoms with Gasteiger partial charge in [-0.3, -0.25) is 14.3 Å². The molecule has 2 aliphatic carbocycles. The lowest BCUT2D eigenvalue weighted by atomic mass is 9.96. The van der Waals surface area contributed by atoms with Crippen LogP contribution in [0.2, 0.25) is 0 Å². The van der Waals surface area contributed by atoms with E-state index in [1.807, 2.05) is 18.3 Å². The molecule has 10 heteroatoms. The molecular weight excluding hydrogens is 458 g/mol. The zero-order valence-corrected chi connectivity index (χ0v) is 20.6. The first-order chi connectivity index (χ1) is 17.6. The molecule has 6 rings (SSSR count). The highest BCUT2D eigenvalue weighted by Crippen LogP contribution is 2.31. The molecule has 0 spiro atoms. The number of ether oxygens (including phenoxy) is 1. The van der Waals surface area contributed by atoms with Crippen molar-refractivity contribution in [2.45, 2.75) is 51.0 Å². The van der Waals surface area contributed by atoms with Gasteiger partial charge in [-0.15, -0.1) is 0 Å². The third kappa shape index (κ3) is 5.02. The number of methoxy groups -OCH3 is 1. The summed E-state index contributed by atoms with van der Waals surface area (Å²) in [6, 6.07) is 5.89. The quantitative estimate of drug-likeness (QED) is 0.432. The van der Waals surface area contributed by atoms with Gasteiger partial charge in [-0.05, 0) is 37.8 Å². The van der Waals surface area contributed by atoms with Crippen LogP contribution in [0.4, 0.5) is 5.69 Å². The van der Waals surface area contributed by atoms with Gasteiger partial charge in [0.2, 0.25) is 5.91 Å². The van der Waals surface area contributed by atoms with Crippen LogP contribution in [0.1, 0.15) is 62.8 Å². The molecule has 0 radical (unpaired) electrons. The van der Waals surface area contributed by atoms with Gasteiger partial charge in [0.1, 0.15) is 11.4 Å². The molecule has 36 heavy (non-hydrogen) atoms. The zero-order valence-electron chi connectivity index (χ0n) is 20.6. The number of hydrogen-bond donors (Lipinski definition) is 2. The summed E-state index contributed by atoms with van der Waals surface area (Å²) in [5, 5.41) is 15.4. The summed E-state index contributed by atoms with van der Waals surface area (Å²) < 4.78 is 9.16. The van der Waals surface area contributed by atoms with Gasteiger partial charge in [0.25, 0.3) is 5.91 Å². The van der Waals surface area contributed by atoms with Crippen molar-refractivity contribution in [2.75, 3.05) is 19.5 Å². The van der Waals surface area contributed by atoms with Crippen molar-refractivity contribution in [2.24, 2.45) is 5.92 Å². The smallest absolute Gasteiger partial charge is 0.259 e. The number of aromatic nitrogens is 5. The fourth-order valence-corrected chi connectivity index (χ4v) is 4.61. The Morgan fingerprint density at radius 1 is 1.14 bits per heavy atom. The fourth-order valence-electron chi connectivity index (χ4n) is 4.61. The molecule has 0 saturated heterocycles. The van der Waals surface area contributed by atoms with Crippen molar-refractivity contribution < 1.29 is 15.8 Å². The summed E-state index contributed by atoms with van der Waals surface area (Å²) >= 11 is 0. The highest BCUT2D eigenvalue weighted by molar-refractivity contribution is 6.09. The lowest BCUT2D eigenvalue weighted by molar-refractivity contribution is -0.121. The second-order valence-electron chi connectivity index (χ2n) is 9.30. The van der Waals surface area contributed by atoms with Gasteiger partial charge < -0.3 is 15.4 Å². The summed E-state index contributed by atoms with van der Waals surface area (Å²) in [6.07, 6.45) is 15.4. The van der Waals surface area contributed by atoms with E-state index in [4.69, 9.17) is 9.84 Å². The first-order valence-corrected chi connectivity index (χ1v) is 12.5. The van der Waals surface area contributed by atoms with E-state index in [0.717, 1.165) is 36.6 Å². The van der Waals surface area contributed by atoms with Crippen LogP contribution in [0.15, 0.2) is 43.0 Å². The SMILES string of the molecule is CNC(=O)C1CC1.COc1cc2nn(C3CCCCC3)cc2cc1C(=O)Nc1cnn2cccnc12.[HH]. The normalized spacial score (nSPS) is 15.8. The molecule has 0 atom stereocenters. The minimum absolute atomic E-state index is 0. The van der Waals surface area contributed by atoms with Crippen molar-refractivity contribution in [3.05, 3.63) is 48.5 Å². The van der Waals surface area contributed by atoms with Gasteiger partial charge in [0.05, 0.1) is 30.4 Å². The van der Waals surface area contributed by atoms with E-state index in [2.05, 4.69) is 25.4 Å². The highest BCUT2D eigenvalue weighted by atomic mass is 16.5. The van der Waals surface area contributed by atoms with Crippen LogP contribution in [-0.2, 0) is 4.79 Å². The molecule has 2 fully saturated rings.